The highest BCUT2D eigenvalue weighted by Crippen LogP contribution is 2.35. The summed E-state index contributed by atoms with van der Waals surface area (Å²) < 4.78 is 39.9. The summed E-state index contributed by atoms with van der Waals surface area (Å²) in [6, 6.07) is 4.66. The van der Waals surface area contributed by atoms with Crippen molar-refractivity contribution in [3.05, 3.63) is 40.5 Å². The molecule has 0 aliphatic carbocycles. The van der Waals surface area contributed by atoms with Crippen molar-refractivity contribution in [1.82, 2.24) is 9.78 Å². The molecule has 0 fully saturated rings. The summed E-state index contributed by atoms with van der Waals surface area (Å²) in [5.74, 6) is 0. The monoisotopic (exact) mass is 330 g/mol. The largest absolute Gasteiger partial charge is 0.416 e. The van der Waals surface area contributed by atoms with Gasteiger partial charge in [0.2, 0.25) is 0 Å². The van der Waals surface area contributed by atoms with E-state index in [2.05, 4.69) is 5.10 Å². The van der Waals surface area contributed by atoms with Gasteiger partial charge in [-0.25, -0.2) is 4.68 Å². The molecule has 22 heavy (non-hydrogen) atoms. The molecular weight excluding hydrogens is 317 g/mol. The van der Waals surface area contributed by atoms with E-state index in [0.717, 1.165) is 12.1 Å². The number of hydrogen-bond donors (Lipinski definition) is 0. The topological polar surface area (TPSA) is 34.9 Å². The summed E-state index contributed by atoms with van der Waals surface area (Å²) in [6.07, 6.45) is -3.96. The maximum absolute atomic E-state index is 12.8. The molecule has 0 N–H and O–H groups in total. The Labute approximate surface area is 130 Å². The Bertz CT molecular complexity index is 715. The van der Waals surface area contributed by atoms with E-state index in [9.17, 15) is 18.0 Å². The van der Waals surface area contributed by atoms with Crippen molar-refractivity contribution < 1.29 is 18.0 Å². The lowest BCUT2D eigenvalue weighted by Crippen LogP contribution is -2.23. The smallest absolute Gasteiger partial charge is 0.298 e. The number of carbonyl (C=O) groups is 1. The third kappa shape index (κ3) is 3.02. The van der Waals surface area contributed by atoms with Crippen LogP contribution in [0.2, 0.25) is 5.15 Å². The Hall–Kier alpha value is -1.82. The summed E-state index contributed by atoms with van der Waals surface area (Å²) in [5, 5.41) is 4.34. The normalized spacial score (nSPS) is 12.5. The van der Waals surface area contributed by atoms with E-state index in [-0.39, 0.29) is 22.0 Å². The average Bonchev–Trinajstić information content (AvgIpc) is 2.74. The van der Waals surface area contributed by atoms with Gasteiger partial charge in [0.1, 0.15) is 10.8 Å². The molecule has 0 saturated carbocycles. The van der Waals surface area contributed by atoms with E-state index >= 15 is 0 Å². The summed E-state index contributed by atoms with van der Waals surface area (Å²) >= 11 is 6.14. The standard InChI is InChI=1S/C15H14ClF3N2O/c1-14(2,3)21-13(16)11(8-22)12(20-21)9-5-4-6-10(7-9)15(17,18)19/h4-8H,1-3H3. The molecule has 0 radical (unpaired) electrons. The highest BCUT2D eigenvalue weighted by atomic mass is 35.5. The maximum atomic E-state index is 12.8. The van der Waals surface area contributed by atoms with Crippen molar-refractivity contribution in [2.24, 2.45) is 0 Å². The minimum Gasteiger partial charge on any atom is -0.298 e. The van der Waals surface area contributed by atoms with E-state index in [4.69, 9.17) is 11.6 Å². The zero-order valence-corrected chi connectivity index (χ0v) is 13.0. The van der Waals surface area contributed by atoms with Crippen LogP contribution in [0.15, 0.2) is 24.3 Å². The Balaban J connectivity index is 2.66. The molecule has 0 amide bonds. The maximum Gasteiger partial charge on any atom is 0.416 e. The number of carbonyl (C=O) groups excluding carboxylic acids is 1. The van der Waals surface area contributed by atoms with Crippen molar-refractivity contribution in [2.45, 2.75) is 32.5 Å². The van der Waals surface area contributed by atoms with E-state index in [1.807, 2.05) is 20.8 Å². The van der Waals surface area contributed by atoms with Crippen LogP contribution in [0.3, 0.4) is 0 Å². The highest BCUT2D eigenvalue weighted by molar-refractivity contribution is 6.32. The van der Waals surface area contributed by atoms with Gasteiger partial charge >= 0.3 is 6.18 Å². The zero-order chi connectivity index (χ0) is 16.7. The lowest BCUT2D eigenvalue weighted by Gasteiger charge is -2.20. The van der Waals surface area contributed by atoms with Gasteiger partial charge in [-0.05, 0) is 32.9 Å². The van der Waals surface area contributed by atoms with Crippen LogP contribution in [-0.2, 0) is 11.7 Å². The zero-order valence-electron chi connectivity index (χ0n) is 12.2. The molecule has 0 spiro atoms. The fourth-order valence-electron chi connectivity index (χ4n) is 2.01. The van der Waals surface area contributed by atoms with Crippen LogP contribution in [0.25, 0.3) is 11.3 Å². The molecule has 0 bridgehead atoms. The third-order valence-electron chi connectivity index (χ3n) is 3.08. The molecule has 0 aliphatic rings. The number of aromatic nitrogens is 2. The second kappa shape index (κ2) is 5.43. The Morgan fingerprint density at radius 1 is 1.23 bits per heavy atom. The van der Waals surface area contributed by atoms with Gasteiger partial charge in [-0.3, -0.25) is 4.79 Å². The molecule has 2 rings (SSSR count). The SMILES string of the molecule is CC(C)(C)n1nc(-c2cccc(C(F)(F)F)c2)c(C=O)c1Cl. The van der Waals surface area contributed by atoms with Gasteiger partial charge < -0.3 is 0 Å². The lowest BCUT2D eigenvalue weighted by molar-refractivity contribution is -0.137. The summed E-state index contributed by atoms with van der Waals surface area (Å²) in [5.41, 5.74) is -0.892. The number of hydrogen-bond acceptors (Lipinski definition) is 2. The molecule has 0 aliphatic heterocycles. The fraction of sp³-hybridized carbons (Fsp3) is 0.333. The van der Waals surface area contributed by atoms with Gasteiger partial charge in [0.25, 0.3) is 0 Å². The lowest BCUT2D eigenvalue weighted by atomic mass is 10.1. The first-order valence-corrected chi connectivity index (χ1v) is 6.85. The quantitative estimate of drug-likeness (QED) is 0.742. The van der Waals surface area contributed by atoms with Gasteiger partial charge in [0.15, 0.2) is 6.29 Å². The minimum absolute atomic E-state index is 0.0796. The fourth-order valence-corrected chi connectivity index (χ4v) is 2.44. The van der Waals surface area contributed by atoms with Crippen LogP contribution in [-0.4, -0.2) is 16.1 Å². The van der Waals surface area contributed by atoms with Crippen LogP contribution in [0, 0.1) is 0 Å². The van der Waals surface area contributed by atoms with Crippen molar-refractivity contribution in [3.63, 3.8) is 0 Å². The molecule has 1 aromatic carbocycles. The second-order valence-electron chi connectivity index (χ2n) is 5.83. The molecule has 0 saturated heterocycles. The van der Waals surface area contributed by atoms with Crippen molar-refractivity contribution in [1.29, 1.82) is 0 Å². The van der Waals surface area contributed by atoms with E-state index in [0.29, 0.717) is 6.29 Å². The predicted octanol–water partition coefficient (Wildman–Crippen LogP) is 4.79. The average molecular weight is 331 g/mol. The number of halogens is 4. The molecule has 1 heterocycles. The van der Waals surface area contributed by atoms with E-state index in [1.165, 1.54) is 16.8 Å². The number of benzene rings is 1. The predicted molar refractivity (Wildman–Crippen MR) is 78.1 cm³/mol. The van der Waals surface area contributed by atoms with E-state index in [1.54, 1.807) is 0 Å². The Morgan fingerprint density at radius 2 is 1.86 bits per heavy atom. The van der Waals surface area contributed by atoms with Gasteiger partial charge in [0, 0.05) is 5.56 Å². The van der Waals surface area contributed by atoms with Crippen LogP contribution in [0.5, 0.6) is 0 Å². The molecular formula is C15H14ClF3N2O. The first-order valence-electron chi connectivity index (χ1n) is 6.47. The van der Waals surface area contributed by atoms with Crippen molar-refractivity contribution in [3.8, 4) is 11.3 Å². The Kier molecular flexibility index (Phi) is 4.08. The molecule has 0 atom stereocenters. The van der Waals surface area contributed by atoms with Crippen molar-refractivity contribution in [2.75, 3.05) is 0 Å². The summed E-state index contributed by atoms with van der Waals surface area (Å²) in [4.78, 5) is 11.3. The number of aldehydes is 1. The van der Waals surface area contributed by atoms with Crippen LogP contribution >= 0.6 is 11.6 Å². The molecule has 3 nitrogen and oxygen atoms in total. The minimum atomic E-state index is -4.46. The molecule has 0 unspecified atom stereocenters. The number of rotatable bonds is 2. The van der Waals surface area contributed by atoms with E-state index < -0.39 is 17.3 Å². The van der Waals surface area contributed by atoms with Gasteiger partial charge in [-0.2, -0.15) is 18.3 Å². The first-order chi connectivity index (χ1) is 10.1. The summed E-state index contributed by atoms with van der Waals surface area (Å²) in [7, 11) is 0. The van der Waals surface area contributed by atoms with Gasteiger partial charge in [-0.1, -0.05) is 23.7 Å². The molecule has 118 valence electrons. The number of alkyl halides is 3. The molecule has 1 aromatic heterocycles. The number of nitrogens with zero attached hydrogens (tertiary/aromatic N) is 2. The molecule has 7 heteroatoms. The third-order valence-corrected chi connectivity index (χ3v) is 3.44. The van der Waals surface area contributed by atoms with Gasteiger partial charge in [0.05, 0.1) is 16.7 Å². The first kappa shape index (κ1) is 16.5. The van der Waals surface area contributed by atoms with Crippen LogP contribution < -0.4 is 0 Å². The van der Waals surface area contributed by atoms with Crippen LogP contribution in [0.1, 0.15) is 36.7 Å². The second-order valence-corrected chi connectivity index (χ2v) is 6.19. The molecule has 2 aromatic rings. The highest BCUT2D eigenvalue weighted by Gasteiger charge is 2.31. The Morgan fingerprint density at radius 3 is 2.36 bits per heavy atom. The van der Waals surface area contributed by atoms with Crippen LogP contribution in [0.4, 0.5) is 13.2 Å². The van der Waals surface area contributed by atoms with Crippen molar-refractivity contribution >= 4 is 17.9 Å². The van der Waals surface area contributed by atoms with Gasteiger partial charge in [-0.15, -0.1) is 0 Å². The summed E-state index contributed by atoms with van der Waals surface area (Å²) in [6.45, 7) is 5.49.